The second-order valence-electron chi connectivity index (χ2n) is 2.64. The van der Waals surface area contributed by atoms with E-state index in [9.17, 15) is 0 Å². The number of rotatable bonds is 4. The second kappa shape index (κ2) is 5.47. The molecular weight excluding hydrogens is 148 g/mol. The van der Waals surface area contributed by atoms with Gasteiger partial charge in [-0.1, -0.05) is 19.4 Å². The molecule has 0 N–H and O–H groups in total. The van der Waals surface area contributed by atoms with Crippen molar-refractivity contribution in [2.75, 3.05) is 6.54 Å². The standard InChI is InChI=1S/C10H14N2/c1-2-3-7-11-9-10-6-4-5-8-12-10/h4-6,8-9H,2-3,7H2,1H3/b11-9+. The molecule has 1 aromatic heterocycles. The van der Waals surface area contributed by atoms with E-state index in [1.807, 2.05) is 24.4 Å². The van der Waals surface area contributed by atoms with E-state index in [0.717, 1.165) is 18.7 Å². The maximum Gasteiger partial charge on any atom is 0.0807 e. The third kappa shape index (κ3) is 3.28. The summed E-state index contributed by atoms with van der Waals surface area (Å²) in [6.07, 6.45) is 5.96. The summed E-state index contributed by atoms with van der Waals surface area (Å²) in [4.78, 5) is 8.37. The third-order valence-corrected chi connectivity index (χ3v) is 1.55. The summed E-state index contributed by atoms with van der Waals surface area (Å²) in [5.74, 6) is 0. The Kier molecular flexibility index (Phi) is 4.06. The van der Waals surface area contributed by atoms with Gasteiger partial charge >= 0.3 is 0 Å². The van der Waals surface area contributed by atoms with E-state index < -0.39 is 0 Å². The van der Waals surface area contributed by atoms with E-state index in [4.69, 9.17) is 0 Å². The zero-order valence-corrected chi connectivity index (χ0v) is 7.40. The van der Waals surface area contributed by atoms with Gasteiger partial charge in [0, 0.05) is 19.0 Å². The monoisotopic (exact) mass is 162 g/mol. The lowest BCUT2D eigenvalue weighted by Gasteiger charge is -1.90. The molecule has 0 saturated carbocycles. The van der Waals surface area contributed by atoms with Gasteiger partial charge in [0.2, 0.25) is 0 Å². The Morgan fingerprint density at radius 3 is 3.08 bits per heavy atom. The largest absolute Gasteiger partial charge is 0.291 e. The van der Waals surface area contributed by atoms with Crippen molar-refractivity contribution in [1.82, 2.24) is 4.98 Å². The molecule has 0 unspecified atom stereocenters. The number of aliphatic imine (C=N–C) groups is 1. The molecule has 0 aromatic carbocycles. The lowest BCUT2D eigenvalue weighted by atomic mass is 10.3. The molecule has 2 nitrogen and oxygen atoms in total. The fourth-order valence-corrected chi connectivity index (χ4v) is 0.860. The Morgan fingerprint density at radius 1 is 1.50 bits per heavy atom. The highest BCUT2D eigenvalue weighted by atomic mass is 14.7. The topological polar surface area (TPSA) is 25.2 Å². The van der Waals surface area contributed by atoms with E-state index in [-0.39, 0.29) is 0 Å². The van der Waals surface area contributed by atoms with Crippen LogP contribution in [-0.2, 0) is 0 Å². The smallest absolute Gasteiger partial charge is 0.0807 e. The normalized spacial score (nSPS) is 10.8. The zero-order valence-electron chi connectivity index (χ0n) is 7.40. The molecule has 0 amide bonds. The van der Waals surface area contributed by atoms with Crippen LogP contribution in [-0.4, -0.2) is 17.7 Å². The van der Waals surface area contributed by atoms with E-state index in [2.05, 4.69) is 16.9 Å². The number of nitrogens with zero attached hydrogens (tertiary/aromatic N) is 2. The van der Waals surface area contributed by atoms with Crippen molar-refractivity contribution < 1.29 is 0 Å². The average molecular weight is 162 g/mol. The first-order valence-electron chi connectivity index (χ1n) is 4.34. The molecule has 0 radical (unpaired) electrons. The molecule has 0 bridgehead atoms. The minimum atomic E-state index is 0.910. The molecule has 2 heteroatoms. The molecule has 0 fully saturated rings. The highest BCUT2D eigenvalue weighted by molar-refractivity contribution is 5.76. The Balaban J connectivity index is 2.36. The molecule has 0 aliphatic heterocycles. The van der Waals surface area contributed by atoms with Crippen LogP contribution < -0.4 is 0 Å². The number of unbranched alkanes of at least 4 members (excludes halogenated alkanes) is 1. The lowest BCUT2D eigenvalue weighted by Crippen LogP contribution is -1.86. The van der Waals surface area contributed by atoms with Gasteiger partial charge in [-0.15, -0.1) is 0 Å². The molecule has 1 aromatic rings. The summed E-state index contributed by atoms with van der Waals surface area (Å²) in [6, 6.07) is 5.83. The fourth-order valence-electron chi connectivity index (χ4n) is 0.860. The fraction of sp³-hybridized carbons (Fsp3) is 0.400. The van der Waals surface area contributed by atoms with Gasteiger partial charge in [-0.25, -0.2) is 0 Å². The third-order valence-electron chi connectivity index (χ3n) is 1.55. The first-order chi connectivity index (χ1) is 5.93. The van der Waals surface area contributed by atoms with E-state index in [0.29, 0.717) is 0 Å². The van der Waals surface area contributed by atoms with E-state index >= 15 is 0 Å². The molecule has 64 valence electrons. The predicted molar refractivity (Wildman–Crippen MR) is 51.6 cm³/mol. The number of hydrogen-bond acceptors (Lipinski definition) is 2. The van der Waals surface area contributed by atoms with Gasteiger partial charge in [0.05, 0.1) is 5.69 Å². The average Bonchev–Trinajstić information content (AvgIpc) is 2.14. The maximum absolute atomic E-state index is 4.24. The van der Waals surface area contributed by atoms with E-state index in [1.165, 1.54) is 6.42 Å². The van der Waals surface area contributed by atoms with Gasteiger partial charge in [0.1, 0.15) is 0 Å². The Morgan fingerprint density at radius 2 is 2.42 bits per heavy atom. The van der Waals surface area contributed by atoms with Gasteiger partial charge in [0.15, 0.2) is 0 Å². The van der Waals surface area contributed by atoms with Crippen molar-refractivity contribution in [3.8, 4) is 0 Å². The summed E-state index contributed by atoms with van der Waals surface area (Å²) in [5.41, 5.74) is 0.939. The SMILES string of the molecule is CCCC/N=C/c1ccccn1. The van der Waals surface area contributed by atoms with Gasteiger partial charge in [-0.3, -0.25) is 9.98 Å². The van der Waals surface area contributed by atoms with Gasteiger partial charge in [0.25, 0.3) is 0 Å². The van der Waals surface area contributed by atoms with Crippen LogP contribution in [0.25, 0.3) is 0 Å². The van der Waals surface area contributed by atoms with Crippen molar-refractivity contribution in [3.05, 3.63) is 30.1 Å². The second-order valence-corrected chi connectivity index (χ2v) is 2.64. The van der Waals surface area contributed by atoms with Gasteiger partial charge in [-0.05, 0) is 18.6 Å². The number of hydrogen-bond donors (Lipinski definition) is 0. The van der Waals surface area contributed by atoms with Crippen LogP contribution in [0.15, 0.2) is 29.4 Å². The van der Waals surface area contributed by atoms with Crippen molar-refractivity contribution in [3.63, 3.8) is 0 Å². The quantitative estimate of drug-likeness (QED) is 0.492. The highest BCUT2D eigenvalue weighted by Crippen LogP contribution is 1.90. The summed E-state index contributed by atoms with van der Waals surface area (Å²) < 4.78 is 0. The van der Waals surface area contributed by atoms with Gasteiger partial charge < -0.3 is 0 Å². The summed E-state index contributed by atoms with van der Waals surface area (Å²) in [7, 11) is 0. The molecule has 0 atom stereocenters. The minimum Gasteiger partial charge on any atom is -0.291 e. The van der Waals surface area contributed by atoms with Crippen molar-refractivity contribution in [2.24, 2.45) is 4.99 Å². The predicted octanol–water partition coefficient (Wildman–Crippen LogP) is 2.30. The number of aromatic nitrogens is 1. The molecule has 12 heavy (non-hydrogen) atoms. The molecule has 1 heterocycles. The van der Waals surface area contributed by atoms with Crippen LogP contribution in [0.3, 0.4) is 0 Å². The van der Waals surface area contributed by atoms with Gasteiger partial charge in [-0.2, -0.15) is 0 Å². The zero-order chi connectivity index (χ0) is 8.65. The molecule has 0 aliphatic carbocycles. The van der Waals surface area contributed by atoms with Crippen LogP contribution in [0.2, 0.25) is 0 Å². The minimum absolute atomic E-state index is 0.910. The van der Waals surface area contributed by atoms with Crippen LogP contribution in [0.4, 0.5) is 0 Å². The van der Waals surface area contributed by atoms with Crippen LogP contribution >= 0.6 is 0 Å². The summed E-state index contributed by atoms with van der Waals surface area (Å²) in [5, 5.41) is 0. The van der Waals surface area contributed by atoms with Crippen molar-refractivity contribution in [1.29, 1.82) is 0 Å². The Bertz CT molecular complexity index is 229. The number of pyridine rings is 1. The first kappa shape index (κ1) is 8.91. The lowest BCUT2D eigenvalue weighted by molar-refractivity contribution is 0.810. The molecule has 0 aliphatic rings. The van der Waals surface area contributed by atoms with Crippen LogP contribution in [0.5, 0.6) is 0 Å². The summed E-state index contributed by atoms with van der Waals surface area (Å²) in [6.45, 7) is 3.07. The Hall–Kier alpha value is -1.18. The first-order valence-corrected chi connectivity index (χ1v) is 4.34. The molecule has 1 rings (SSSR count). The van der Waals surface area contributed by atoms with Crippen molar-refractivity contribution >= 4 is 6.21 Å². The van der Waals surface area contributed by atoms with Crippen molar-refractivity contribution in [2.45, 2.75) is 19.8 Å². The summed E-state index contributed by atoms with van der Waals surface area (Å²) >= 11 is 0. The Labute approximate surface area is 73.4 Å². The molecule has 0 saturated heterocycles. The maximum atomic E-state index is 4.24. The molecule has 0 spiro atoms. The highest BCUT2D eigenvalue weighted by Gasteiger charge is 1.84. The molecular formula is C10H14N2. The van der Waals surface area contributed by atoms with Crippen LogP contribution in [0.1, 0.15) is 25.5 Å². The van der Waals surface area contributed by atoms with Crippen LogP contribution in [0, 0.1) is 0 Å². The van der Waals surface area contributed by atoms with E-state index in [1.54, 1.807) is 6.20 Å².